The molecule has 29 heavy (non-hydrogen) atoms. The lowest BCUT2D eigenvalue weighted by Crippen LogP contribution is -2.13. The number of para-hydroxylation sites is 1. The largest absolute Gasteiger partial charge is 0.273 e. The molecule has 6 aromatic rings. The molecule has 0 aliphatic heterocycles. The summed E-state index contributed by atoms with van der Waals surface area (Å²) in [6, 6.07) is 24.6. The SMILES string of the molecule is CCc1ccc(-c2cnc3c4ccccc4c(=O)n4c5ccccc5c2c34)cc1. The first kappa shape index (κ1) is 16.3. The number of aromatic nitrogens is 2. The fourth-order valence-electron chi connectivity index (χ4n) is 4.54. The summed E-state index contributed by atoms with van der Waals surface area (Å²) in [5.74, 6) is 0. The molecule has 0 spiro atoms. The molecule has 0 bridgehead atoms. The Balaban J connectivity index is 1.88. The maximum absolute atomic E-state index is 13.4. The van der Waals surface area contributed by atoms with Crippen molar-refractivity contribution in [2.24, 2.45) is 0 Å². The van der Waals surface area contributed by atoms with E-state index >= 15 is 0 Å². The third kappa shape index (κ3) is 2.13. The zero-order valence-electron chi connectivity index (χ0n) is 16.0. The van der Waals surface area contributed by atoms with Gasteiger partial charge in [-0.3, -0.25) is 14.2 Å². The summed E-state index contributed by atoms with van der Waals surface area (Å²) in [7, 11) is 0. The minimum atomic E-state index is 0.0135. The van der Waals surface area contributed by atoms with Crippen molar-refractivity contribution < 1.29 is 0 Å². The summed E-state index contributed by atoms with van der Waals surface area (Å²) in [4.78, 5) is 18.3. The molecule has 0 fully saturated rings. The van der Waals surface area contributed by atoms with E-state index in [0.717, 1.165) is 50.3 Å². The van der Waals surface area contributed by atoms with E-state index in [4.69, 9.17) is 4.98 Å². The Hall–Kier alpha value is -3.72. The first-order chi connectivity index (χ1) is 14.3. The van der Waals surface area contributed by atoms with E-state index < -0.39 is 0 Å². The molecule has 0 atom stereocenters. The average Bonchev–Trinajstić information content (AvgIpc) is 3.13. The lowest BCUT2D eigenvalue weighted by atomic mass is 9.98. The Labute approximate surface area is 167 Å². The van der Waals surface area contributed by atoms with Crippen molar-refractivity contribution in [1.82, 2.24) is 9.38 Å². The molecule has 0 saturated heterocycles. The van der Waals surface area contributed by atoms with Crippen LogP contribution in [-0.2, 0) is 6.42 Å². The highest BCUT2D eigenvalue weighted by atomic mass is 16.1. The first-order valence-corrected chi connectivity index (χ1v) is 9.93. The van der Waals surface area contributed by atoms with Gasteiger partial charge in [0.05, 0.1) is 16.6 Å². The molecule has 3 nitrogen and oxygen atoms in total. The van der Waals surface area contributed by atoms with Gasteiger partial charge in [-0.05, 0) is 29.7 Å². The molecule has 0 amide bonds. The van der Waals surface area contributed by atoms with E-state index in [-0.39, 0.29) is 5.56 Å². The normalized spacial score (nSPS) is 11.9. The number of aryl methyl sites for hydroxylation is 1. The zero-order chi connectivity index (χ0) is 19.5. The van der Waals surface area contributed by atoms with Crippen LogP contribution in [0.5, 0.6) is 0 Å². The monoisotopic (exact) mass is 374 g/mol. The summed E-state index contributed by atoms with van der Waals surface area (Å²) in [6.07, 6.45) is 2.97. The maximum Gasteiger partial charge on any atom is 0.263 e. The van der Waals surface area contributed by atoms with Crippen LogP contribution in [0.1, 0.15) is 12.5 Å². The Morgan fingerprint density at radius 2 is 1.52 bits per heavy atom. The molecule has 6 rings (SSSR count). The molecule has 0 saturated carbocycles. The standard InChI is InChI=1S/C26H18N2O/c1-2-16-11-13-17(14-12-16)21-15-27-24-18-7-3-4-8-19(18)26(29)28-22-10-6-5-9-20(22)23(21)25(24)28/h3-15H,2H2,1H3. The van der Waals surface area contributed by atoms with Gasteiger partial charge in [-0.1, -0.05) is 67.6 Å². The number of hydrogen-bond acceptors (Lipinski definition) is 2. The minimum absolute atomic E-state index is 0.0135. The Morgan fingerprint density at radius 1 is 0.828 bits per heavy atom. The topological polar surface area (TPSA) is 34.4 Å². The number of benzene rings is 3. The van der Waals surface area contributed by atoms with Crippen molar-refractivity contribution in [2.45, 2.75) is 13.3 Å². The zero-order valence-corrected chi connectivity index (χ0v) is 16.0. The van der Waals surface area contributed by atoms with E-state index in [1.165, 1.54) is 5.56 Å². The Morgan fingerprint density at radius 3 is 2.28 bits per heavy atom. The van der Waals surface area contributed by atoms with Crippen LogP contribution in [0.4, 0.5) is 0 Å². The predicted molar refractivity (Wildman–Crippen MR) is 120 cm³/mol. The summed E-state index contributed by atoms with van der Waals surface area (Å²) >= 11 is 0. The molecule has 0 radical (unpaired) electrons. The summed E-state index contributed by atoms with van der Waals surface area (Å²) in [5.41, 5.74) is 6.22. The quantitative estimate of drug-likeness (QED) is 0.358. The molecule has 0 N–H and O–H groups in total. The second kappa shape index (κ2) is 5.89. The van der Waals surface area contributed by atoms with Crippen LogP contribution in [0.25, 0.3) is 49.2 Å². The van der Waals surface area contributed by atoms with Crippen molar-refractivity contribution in [3.63, 3.8) is 0 Å². The van der Waals surface area contributed by atoms with Crippen molar-refractivity contribution in [3.8, 4) is 11.1 Å². The van der Waals surface area contributed by atoms with Gasteiger partial charge in [-0.15, -0.1) is 0 Å². The number of pyridine rings is 2. The van der Waals surface area contributed by atoms with Crippen molar-refractivity contribution in [2.75, 3.05) is 0 Å². The van der Waals surface area contributed by atoms with Gasteiger partial charge in [0, 0.05) is 33.3 Å². The smallest absolute Gasteiger partial charge is 0.263 e. The fraction of sp³-hybridized carbons (Fsp3) is 0.0769. The molecule has 3 heteroatoms. The lowest BCUT2D eigenvalue weighted by molar-refractivity contribution is 1.14. The highest BCUT2D eigenvalue weighted by Gasteiger charge is 2.20. The van der Waals surface area contributed by atoms with Gasteiger partial charge in [-0.25, -0.2) is 0 Å². The maximum atomic E-state index is 13.4. The fourth-order valence-corrected chi connectivity index (χ4v) is 4.54. The van der Waals surface area contributed by atoms with Gasteiger partial charge in [0.2, 0.25) is 0 Å². The van der Waals surface area contributed by atoms with Gasteiger partial charge in [0.1, 0.15) is 0 Å². The van der Waals surface area contributed by atoms with Crippen LogP contribution in [0, 0.1) is 0 Å². The molecule has 0 aliphatic carbocycles. The number of fused-ring (bicyclic) bond motifs is 5. The molecule has 0 unspecified atom stereocenters. The third-order valence-electron chi connectivity index (χ3n) is 5.98. The Kier molecular flexibility index (Phi) is 3.30. The molecule has 3 heterocycles. The van der Waals surface area contributed by atoms with Crippen LogP contribution in [0.2, 0.25) is 0 Å². The van der Waals surface area contributed by atoms with Crippen LogP contribution < -0.4 is 5.56 Å². The molecule has 138 valence electrons. The highest BCUT2D eigenvalue weighted by molar-refractivity contribution is 6.22. The third-order valence-corrected chi connectivity index (χ3v) is 5.98. The van der Waals surface area contributed by atoms with Crippen molar-refractivity contribution >= 4 is 38.1 Å². The van der Waals surface area contributed by atoms with Crippen molar-refractivity contribution in [1.29, 1.82) is 0 Å². The number of nitrogens with zero attached hydrogens (tertiary/aromatic N) is 2. The van der Waals surface area contributed by atoms with Gasteiger partial charge in [0.15, 0.2) is 0 Å². The van der Waals surface area contributed by atoms with E-state index in [1.54, 1.807) is 0 Å². The van der Waals surface area contributed by atoms with Crippen molar-refractivity contribution in [3.05, 3.63) is 94.9 Å². The van der Waals surface area contributed by atoms with Gasteiger partial charge in [-0.2, -0.15) is 0 Å². The van der Waals surface area contributed by atoms with E-state index in [1.807, 2.05) is 53.1 Å². The average molecular weight is 374 g/mol. The molecular weight excluding hydrogens is 356 g/mol. The van der Waals surface area contributed by atoms with E-state index in [0.29, 0.717) is 5.39 Å². The molecular formula is C26H18N2O. The van der Waals surface area contributed by atoms with Crippen LogP contribution in [-0.4, -0.2) is 9.38 Å². The molecule has 3 aromatic carbocycles. The lowest BCUT2D eigenvalue weighted by Gasteiger charge is -2.09. The predicted octanol–water partition coefficient (Wildman–Crippen LogP) is 5.82. The summed E-state index contributed by atoms with van der Waals surface area (Å²) in [6.45, 7) is 2.16. The second-order valence-electron chi connectivity index (χ2n) is 7.50. The second-order valence-corrected chi connectivity index (χ2v) is 7.50. The first-order valence-electron chi connectivity index (χ1n) is 9.93. The minimum Gasteiger partial charge on any atom is -0.273 e. The van der Waals surface area contributed by atoms with Gasteiger partial charge in [0.25, 0.3) is 5.56 Å². The van der Waals surface area contributed by atoms with Crippen LogP contribution in [0.15, 0.2) is 83.8 Å². The molecule has 0 aliphatic rings. The van der Waals surface area contributed by atoms with Crippen LogP contribution >= 0.6 is 0 Å². The summed E-state index contributed by atoms with van der Waals surface area (Å²) < 4.78 is 1.85. The molecule has 3 aromatic heterocycles. The van der Waals surface area contributed by atoms with Gasteiger partial charge < -0.3 is 0 Å². The number of rotatable bonds is 2. The van der Waals surface area contributed by atoms with Gasteiger partial charge >= 0.3 is 0 Å². The van der Waals surface area contributed by atoms with E-state index in [9.17, 15) is 4.79 Å². The summed E-state index contributed by atoms with van der Waals surface area (Å²) in [5, 5.41) is 3.79. The Bertz CT molecular complexity index is 1590. The van der Waals surface area contributed by atoms with Crippen LogP contribution in [0.3, 0.4) is 0 Å². The number of hydrogen-bond donors (Lipinski definition) is 0. The van der Waals surface area contributed by atoms with E-state index in [2.05, 4.69) is 37.3 Å². The highest BCUT2D eigenvalue weighted by Crippen LogP contribution is 2.38.